The minimum absolute atomic E-state index is 0.0278. The summed E-state index contributed by atoms with van der Waals surface area (Å²) in [5, 5.41) is 26.0. The maximum Gasteiger partial charge on any atom is 0.171 e. The van der Waals surface area contributed by atoms with Crippen LogP contribution in [0.1, 0.15) is 69.4 Å². The van der Waals surface area contributed by atoms with Gasteiger partial charge in [-0.05, 0) is 79.9 Å². The number of ether oxygens (including phenoxy) is 2. The van der Waals surface area contributed by atoms with Crippen molar-refractivity contribution in [3.05, 3.63) is 143 Å². The van der Waals surface area contributed by atoms with E-state index in [1.165, 1.54) is 11.3 Å². The molecule has 0 aliphatic heterocycles. The van der Waals surface area contributed by atoms with Crippen LogP contribution in [-0.4, -0.2) is 16.2 Å². The SMILES string of the molecule is CC(C)(C)c1ccc(Oc2cc(C#N)c(-c3nc(N)c4c(C#N)c(/N=C/c5c6ccccc6cc6ccccc56)sc4n3)cc2Oc2ccc(C(C)(C)C)cc2)cc1. The Morgan fingerprint density at radius 2 is 1.21 bits per heavy atom. The number of aliphatic imine (C=N–C) groups is 1. The van der Waals surface area contributed by atoms with Gasteiger partial charge in [0.2, 0.25) is 0 Å². The number of nitrogens with zero attached hydrogens (tertiary/aromatic N) is 5. The highest BCUT2D eigenvalue weighted by molar-refractivity contribution is 7.22. The van der Waals surface area contributed by atoms with Gasteiger partial charge in [0, 0.05) is 23.4 Å². The Bertz CT molecular complexity index is 2940. The van der Waals surface area contributed by atoms with Crippen LogP contribution < -0.4 is 15.2 Å². The van der Waals surface area contributed by atoms with E-state index >= 15 is 0 Å². The second-order valence-corrected chi connectivity index (χ2v) is 17.2. The quantitative estimate of drug-likeness (QED) is 0.126. The van der Waals surface area contributed by atoms with E-state index in [0.29, 0.717) is 43.8 Å². The van der Waals surface area contributed by atoms with E-state index < -0.39 is 0 Å². The molecule has 58 heavy (non-hydrogen) atoms. The molecule has 9 heteroatoms. The number of anilines is 1. The summed E-state index contributed by atoms with van der Waals surface area (Å²) >= 11 is 1.24. The third-order valence-electron chi connectivity index (χ3n) is 10.1. The highest BCUT2D eigenvalue weighted by Crippen LogP contribution is 2.44. The number of rotatable bonds is 7. The Morgan fingerprint density at radius 1 is 0.672 bits per heavy atom. The van der Waals surface area contributed by atoms with Crippen molar-refractivity contribution in [3.63, 3.8) is 0 Å². The summed E-state index contributed by atoms with van der Waals surface area (Å²) < 4.78 is 12.9. The number of nitrogen functional groups attached to an aromatic ring is 1. The van der Waals surface area contributed by atoms with E-state index in [1.54, 1.807) is 12.1 Å². The summed E-state index contributed by atoms with van der Waals surface area (Å²) in [5.41, 5.74) is 10.8. The Balaban J connectivity index is 1.22. The summed E-state index contributed by atoms with van der Waals surface area (Å²) in [6.45, 7) is 12.9. The van der Waals surface area contributed by atoms with Crippen LogP contribution in [0.3, 0.4) is 0 Å². The van der Waals surface area contributed by atoms with Crippen molar-refractivity contribution < 1.29 is 9.47 Å². The summed E-state index contributed by atoms with van der Waals surface area (Å²) in [6, 6.07) is 42.2. The predicted molar refractivity (Wildman–Crippen MR) is 236 cm³/mol. The van der Waals surface area contributed by atoms with Crippen LogP contribution in [0.15, 0.2) is 120 Å². The van der Waals surface area contributed by atoms with Gasteiger partial charge in [-0.15, -0.1) is 0 Å². The Morgan fingerprint density at radius 3 is 1.72 bits per heavy atom. The number of fused-ring (bicyclic) bond motifs is 3. The first kappa shape index (κ1) is 37.8. The second-order valence-electron chi connectivity index (χ2n) is 16.2. The molecule has 8 rings (SSSR count). The number of nitrogens with two attached hydrogens (primary N) is 1. The molecule has 0 spiro atoms. The maximum atomic E-state index is 10.5. The van der Waals surface area contributed by atoms with Crippen LogP contribution in [0, 0.1) is 22.7 Å². The molecular weight excluding hydrogens is 737 g/mol. The highest BCUT2D eigenvalue weighted by Gasteiger charge is 2.23. The van der Waals surface area contributed by atoms with Crippen LogP contribution >= 0.6 is 11.3 Å². The number of nitriles is 2. The summed E-state index contributed by atoms with van der Waals surface area (Å²) in [4.78, 5) is 14.9. The number of thiophene rings is 1. The molecule has 0 saturated heterocycles. The van der Waals surface area contributed by atoms with Crippen LogP contribution in [0.2, 0.25) is 0 Å². The Kier molecular flexibility index (Phi) is 9.64. The van der Waals surface area contributed by atoms with Crippen molar-refractivity contribution in [2.24, 2.45) is 4.99 Å². The van der Waals surface area contributed by atoms with Crippen LogP contribution in [0.4, 0.5) is 10.8 Å². The second kappa shape index (κ2) is 14.8. The zero-order valence-electron chi connectivity index (χ0n) is 33.1. The molecule has 0 unspecified atom stereocenters. The van der Waals surface area contributed by atoms with Crippen molar-refractivity contribution in [1.82, 2.24) is 9.97 Å². The fourth-order valence-corrected chi connectivity index (χ4v) is 7.92. The summed E-state index contributed by atoms with van der Waals surface area (Å²) in [7, 11) is 0. The lowest BCUT2D eigenvalue weighted by Gasteiger charge is -2.20. The normalized spacial score (nSPS) is 11.9. The molecule has 0 saturated carbocycles. The van der Waals surface area contributed by atoms with Gasteiger partial charge in [0.1, 0.15) is 44.9 Å². The molecule has 0 amide bonds. The van der Waals surface area contributed by atoms with Crippen molar-refractivity contribution in [3.8, 4) is 46.5 Å². The number of aromatic nitrogens is 2. The van der Waals surface area contributed by atoms with Crippen molar-refractivity contribution in [2.75, 3.05) is 5.73 Å². The zero-order chi connectivity index (χ0) is 40.8. The number of hydrogen-bond donors (Lipinski definition) is 1. The predicted octanol–water partition coefficient (Wildman–Crippen LogP) is 12.9. The lowest BCUT2D eigenvalue weighted by molar-refractivity contribution is 0.418. The first-order chi connectivity index (χ1) is 27.8. The minimum atomic E-state index is -0.0355. The maximum absolute atomic E-state index is 10.5. The molecule has 0 radical (unpaired) electrons. The Labute approximate surface area is 341 Å². The van der Waals surface area contributed by atoms with Crippen LogP contribution in [0.25, 0.3) is 43.1 Å². The molecule has 2 heterocycles. The molecule has 0 bridgehead atoms. The van der Waals surface area contributed by atoms with Gasteiger partial charge in [0.05, 0.1) is 10.9 Å². The van der Waals surface area contributed by atoms with E-state index in [0.717, 1.165) is 38.2 Å². The molecule has 284 valence electrons. The highest BCUT2D eigenvalue weighted by atomic mass is 32.1. The molecule has 0 aliphatic carbocycles. The summed E-state index contributed by atoms with van der Waals surface area (Å²) in [5.74, 6) is 2.19. The topological polar surface area (TPSA) is 130 Å². The summed E-state index contributed by atoms with van der Waals surface area (Å²) in [6.07, 6.45) is 1.81. The molecule has 0 atom stereocenters. The first-order valence-electron chi connectivity index (χ1n) is 18.9. The van der Waals surface area contributed by atoms with Gasteiger partial charge in [0.15, 0.2) is 17.3 Å². The largest absolute Gasteiger partial charge is 0.453 e. The average molecular weight is 777 g/mol. The van der Waals surface area contributed by atoms with Crippen molar-refractivity contribution in [1.29, 1.82) is 10.5 Å². The molecular formula is C49H40N6O2S. The molecule has 8 nitrogen and oxygen atoms in total. The fraction of sp³-hybridized carbons (Fsp3) is 0.163. The average Bonchev–Trinajstić information content (AvgIpc) is 3.57. The van der Waals surface area contributed by atoms with Gasteiger partial charge < -0.3 is 15.2 Å². The van der Waals surface area contributed by atoms with Crippen LogP contribution in [0.5, 0.6) is 23.0 Å². The van der Waals surface area contributed by atoms with E-state index in [-0.39, 0.29) is 33.6 Å². The van der Waals surface area contributed by atoms with E-state index in [2.05, 4.69) is 89.0 Å². The van der Waals surface area contributed by atoms with Crippen LogP contribution in [-0.2, 0) is 10.8 Å². The first-order valence-corrected chi connectivity index (χ1v) is 19.7. The third-order valence-corrected chi connectivity index (χ3v) is 11.1. The third kappa shape index (κ3) is 7.32. The van der Waals surface area contributed by atoms with Gasteiger partial charge in [-0.25, -0.2) is 15.0 Å². The van der Waals surface area contributed by atoms with E-state index in [1.807, 2.05) is 79.0 Å². The monoisotopic (exact) mass is 776 g/mol. The van der Waals surface area contributed by atoms with Crippen molar-refractivity contribution >= 4 is 60.1 Å². The fourth-order valence-electron chi connectivity index (χ4n) is 6.94. The zero-order valence-corrected chi connectivity index (χ0v) is 33.9. The Hall–Kier alpha value is -7.07. The van der Waals surface area contributed by atoms with Gasteiger partial charge in [-0.1, -0.05) is 126 Å². The minimum Gasteiger partial charge on any atom is -0.453 e. The van der Waals surface area contributed by atoms with E-state index in [9.17, 15) is 10.5 Å². The number of hydrogen-bond acceptors (Lipinski definition) is 9. The standard InChI is InChI=1S/C49H40N6O2S/c1-48(2,3)32-15-19-34(20-16-32)56-41-24-31(26-50)38(25-42(41)57-35-21-17-33(18-22-35)49(4,5)6)45-54-44(52)43-39(27-51)46(58-47(43)55-45)53-28-40-36-13-9-7-11-29(36)23-30-12-8-10-14-37(30)40/h7-25,28H,1-6H3,(H2,52,54,55)/b53-28+. The van der Waals surface area contributed by atoms with Gasteiger partial charge in [-0.3, -0.25) is 0 Å². The van der Waals surface area contributed by atoms with Gasteiger partial charge in [-0.2, -0.15) is 10.5 Å². The number of benzene rings is 6. The van der Waals surface area contributed by atoms with E-state index in [4.69, 9.17) is 25.2 Å². The smallest absolute Gasteiger partial charge is 0.171 e. The molecule has 0 aliphatic rings. The van der Waals surface area contributed by atoms with Gasteiger partial charge in [0.25, 0.3) is 0 Å². The van der Waals surface area contributed by atoms with Crippen molar-refractivity contribution in [2.45, 2.75) is 52.4 Å². The molecule has 2 aromatic heterocycles. The molecule has 6 aromatic carbocycles. The van der Waals surface area contributed by atoms with Gasteiger partial charge >= 0.3 is 0 Å². The molecule has 2 N–H and O–H groups in total. The molecule has 8 aromatic rings. The lowest BCUT2D eigenvalue weighted by atomic mass is 9.87. The lowest BCUT2D eigenvalue weighted by Crippen LogP contribution is -2.10. The molecule has 0 fully saturated rings.